The van der Waals surface area contributed by atoms with Gasteiger partial charge >= 0.3 is 0 Å². The average Bonchev–Trinajstić information content (AvgIpc) is 2.89. The standard InChI is InChI=1S/C24H27FN6O3/c1-26-24(33)21-5-3-17(12-27-21)30-6-8-31(9-7-30)18-10-15(13-34-14-18)22-28-20-4-2-16(25)11-19(20)23(32)29-22/h2-5,11-12,15,18H,6-10,13-14H2,1H3,(H,26,33)(H,28,29,32)/t15-,18-/m0/s1. The number of aromatic amines is 1. The molecule has 10 heteroatoms. The van der Waals surface area contributed by atoms with E-state index in [2.05, 4.69) is 30.1 Å². The number of halogens is 1. The first-order valence-corrected chi connectivity index (χ1v) is 11.5. The zero-order valence-corrected chi connectivity index (χ0v) is 19.0. The van der Waals surface area contributed by atoms with E-state index < -0.39 is 5.82 Å². The number of piperazine rings is 1. The summed E-state index contributed by atoms with van der Waals surface area (Å²) in [5, 5.41) is 2.83. The molecule has 2 fully saturated rings. The number of pyridine rings is 1. The summed E-state index contributed by atoms with van der Waals surface area (Å²) in [5.74, 6) is -0.0846. The number of H-pyrrole nitrogens is 1. The van der Waals surface area contributed by atoms with Crippen molar-refractivity contribution in [2.24, 2.45) is 0 Å². The van der Waals surface area contributed by atoms with E-state index >= 15 is 0 Å². The molecule has 2 aliphatic rings. The minimum absolute atomic E-state index is 0.0274. The molecule has 0 radical (unpaired) electrons. The van der Waals surface area contributed by atoms with Gasteiger partial charge in [0.15, 0.2) is 0 Å². The number of rotatable bonds is 4. The molecule has 0 bridgehead atoms. The van der Waals surface area contributed by atoms with Crippen LogP contribution in [0.5, 0.6) is 0 Å². The summed E-state index contributed by atoms with van der Waals surface area (Å²) < 4.78 is 19.4. The van der Waals surface area contributed by atoms with Crippen LogP contribution in [0.25, 0.3) is 10.9 Å². The van der Waals surface area contributed by atoms with Crippen LogP contribution in [0.3, 0.4) is 0 Å². The zero-order valence-electron chi connectivity index (χ0n) is 19.0. The highest BCUT2D eigenvalue weighted by molar-refractivity contribution is 5.92. The molecule has 0 spiro atoms. The van der Waals surface area contributed by atoms with E-state index in [1.807, 2.05) is 6.07 Å². The van der Waals surface area contributed by atoms with Crippen LogP contribution in [0.2, 0.25) is 0 Å². The van der Waals surface area contributed by atoms with Crippen molar-refractivity contribution in [2.45, 2.75) is 18.4 Å². The highest BCUT2D eigenvalue weighted by Crippen LogP contribution is 2.27. The van der Waals surface area contributed by atoms with E-state index in [-0.39, 0.29) is 28.8 Å². The Morgan fingerprint density at radius 1 is 1.18 bits per heavy atom. The molecule has 1 amide bonds. The number of carbonyl (C=O) groups excluding carboxylic acids is 1. The van der Waals surface area contributed by atoms with Crippen LogP contribution in [0.15, 0.2) is 41.3 Å². The Morgan fingerprint density at radius 2 is 2.00 bits per heavy atom. The number of ether oxygens (including phenoxy) is 1. The van der Waals surface area contributed by atoms with Crippen molar-refractivity contribution in [1.82, 2.24) is 25.2 Å². The summed E-state index contributed by atoms with van der Waals surface area (Å²) in [5.41, 5.74) is 1.57. The SMILES string of the molecule is CNC(=O)c1ccc(N2CCN([C@@H]3COC[C@@H](c4nc5ccc(F)cc5c(=O)[nH]4)C3)CC2)cn1. The monoisotopic (exact) mass is 466 g/mol. The third-order valence-electron chi connectivity index (χ3n) is 6.66. The lowest BCUT2D eigenvalue weighted by atomic mass is 9.96. The van der Waals surface area contributed by atoms with Crippen LogP contribution in [-0.2, 0) is 4.74 Å². The fourth-order valence-electron chi connectivity index (χ4n) is 4.76. The van der Waals surface area contributed by atoms with Gasteiger partial charge in [0.1, 0.15) is 17.3 Å². The fraction of sp³-hybridized carbons (Fsp3) is 0.417. The van der Waals surface area contributed by atoms with Crippen molar-refractivity contribution < 1.29 is 13.9 Å². The Balaban J connectivity index is 1.23. The van der Waals surface area contributed by atoms with Gasteiger partial charge in [0.25, 0.3) is 11.5 Å². The molecule has 5 rings (SSSR count). The maximum absolute atomic E-state index is 13.5. The van der Waals surface area contributed by atoms with Crippen LogP contribution >= 0.6 is 0 Å². The number of aromatic nitrogens is 3. The Hall–Kier alpha value is -3.37. The van der Waals surface area contributed by atoms with E-state index in [4.69, 9.17) is 4.74 Å². The van der Waals surface area contributed by atoms with E-state index in [0.29, 0.717) is 30.2 Å². The zero-order chi connectivity index (χ0) is 23.7. The third kappa shape index (κ3) is 4.51. The summed E-state index contributed by atoms with van der Waals surface area (Å²) >= 11 is 0. The number of hydrogen-bond acceptors (Lipinski definition) is 7. The molecule has 9 nitrogen and oxygen atoms in total. The van der Waals surface area contributed by atoms with Gasteiger partial charge in [-0.3, -0.25) is 14.5 Å². The molecule has 3 aromatic rings. The summed E-state index contributed by atoms with van der Waals surface area (Å²) in [4.78, 5) is 40.6. The summed E-state index contributed by atoms with van der Waals surface area (Å²) in [6, 6.07) is 7.97. The average molecular weight is 467 g/mol. The van der Waals surface area contributed by atoms with Gasteiger partial charge in [0.2, 0.25) is 0 Å². The number of nitrogens with zero attached hydrogens (tertiary/aromatic N) is 4. The molecule has 0 aliphatic carbocycles. The van der Waals surface area contributed by atoms with Crippen molar-refractivity contribution in [3.63, 3.8) is 0 Å². The predicted molar refractivity (Wildman–Crippen MR) is 126 cm³/mol. The van der Waals surface area contributed by atoms with E-state index in [1.54, 1.807) is 25.4 Å². The fourth-order valence-corrected chi connectivity index (χ4v) is 4.76. The van der Waals surface area contributed by atoms with Gasteiger partial charge in [0.05, 0.1) is 36.0 Å². The van der Waals surface area contributed by atoms with Crippen LogP contribution in [0, 0.1) is 5.82 Å². The topological polar surface area (TPSA) is 103 Å². The van der Waals surface area contributed by atoms with Crippen molar-refractivity contribution in [1.29, 1.82) is 0 Å². The van der Waals surface area contributed by atoms with Gasteiger partial charge < -0.3 is 19.9 Å². The van der Waals surface area contributed by atoms with Gasteiger partial charge in [-0.25, -0.2) is 14.4 Å². The van der Waals surface area contributed by atoms with Gasteiger partial charge in [-0.15, -0.1) is 0 Å². The molecule has 2 aromatic heterocycles. The third-order valence-corrected chi connectivity index (χ3v) is 6.66. The maximum atomic E-state index is 13.5. The van der Waals surface area contributed by atoms with Crippen molar-refractivity contribution in [3.05, 3.63) is 64.2 Å². The summed E-state index contributed by atoms with van der Waals surface area (Å²) in [7, 11) is 1.59. The molecular formula is C24H27FN6O3. The molecule has 4 heterocycles. The second-order valence-electron chi connectivity index (χ2n) is 8.74. The van der Waals surface area contributed by atoms with Gasteiger partial charge in [-0.1, -0.05) is 0 Å². The molecule has 0 unspecified atom stereocenters. The van der Waals surface area contributed by atoms with Crippen LogP contribution in [0.1, 0.15) is 28.7 Å². The highest BCUT2D eigenvalue weighted by Gasteiger charge is 2.32. The van der Waals surface area contributed by atoms with Crippen LogP contribution in [0.4, 0.5) is 10.1 Å². The molecule has 2 aliphatic heterocycles. The normalized spacial score (nSPS) is 21.5. The molecule has 0 saturated carbocycles. The van der Waals surface area contributed by atoms with Gasteiger partial charge in [0, 0.05) is 45.2 Å². The number of amides is 1. The second kappa shape index (κ2) is 9.47. The Kier molecular flexibility index (Phi) is 6.25. The smallest absolute Gasteiger partial charge is 0.269 e. The predicted octanol–water partition coefficient (Wildman–Crippen LogP) is 1.51. The number of nitrogens with one attached hydrogen (secondary N) is 2. The number of anilines is 1. The minimum Gasteiger partial charge on any atom is -0.379 e. The van der Waals surface area contributed by atoms with Gasteiger partial charge in [-0.2, -0.15) is 0 Å². The molecular weight excluding hydrogens is 439 g/mol. The Bertz CT molecular complexity index is 1240. The first-order chi connectivity index (χ1) is 16.5. The largest absolute Gasteiger partial charge is 0.379 e. The van der Waals surface area contributed by atoms with E-state index in [1.165, 1.54) is 12.1 Å². The van der Waals surface area contributed by atoms with Crippen molar-refractivity contribution in [3.8, 4) is 0 Å². The molecule has 178 valence electrons. The summed E-state index contributed by atoms with van der Waals surface area (Å²) in [6.45, 7) is 4.58. The van der Waals surface area contributed by atoms with Crippen LogP contribution < -0.4 is 15.8 Å². The maximum Gasteiger partial charge on any atom is 0.269 e. The Labute approximate surface area is 196 Å². The van der Waals surface area contributed by atoms with Crippen LogP contribution in [-0.4, -0.2) is 78.2 Å². The lowest BCUT2D eigenvalue weighted by Gasteiger charge is -2.42. The quantitative estimate of drug-likeness (QED) is 0.601. The molecule has 2 N–H and O–H groups in total. The number of fused-ring (bicyclic) bond motifs is 1. The molecule has 2 atom stereocenters. The summed E-state index contributed by atoms with van der Waals surface area (Å²) in [6.07, 6.45) is 2.58. The molecule has 34 heavy (non-hydrogen) atoms. The van der Waals surface area contributed by atoms with E-state index in [9.17, 15) is 14.0 Å². The second-order valence-corrected chi connectivity index (χ2v) is 8.74. The molecule has 2 saturated heterocycles. The number of carbonyl (C=O) groups is 1. The first-order valence-electron chi connectivity index (χ1n) is 11.5. The number of benzene rings is 1. The van der Waals surface area contributed by atoms with E-state index in [0.717, 1.165) is 38.3 Å². The lowest BCUT2D eigenvalue weighted by molar-refractivity contribution is 0.00213. The lowest BCUT2D eigenvalue weighted by Crippen LogP contribution is -2.53. The van der Waals surface area contributed by atoms with Crippen molar-refractivity contribution >= 4 is 22.5 Å². The highest BCUT2D eigenvalue weighted by atomic mass is 19.1. The first kappa shape index (κ1) is 22.4. The Morgan fingerprint density at radius 3 is 2.74 bits per heavy atom. The minimum atomic E-state index is -0.453. The molecule has 1 aromatic carbocycles. The van der Waals surface area contributed by atoms with Gasteiger partial charge in [-0.05, 0) is 36.8 Å². The van der Waals surface area contributed by atoms with Crippen molar-refractivity contribution in [2.75, 3.05) is 51.3 Å². The number of hydrogen-bond donors (Lipinski definition) is 2.